The minimum Gasteiger partial charge on any atom is -0.494 e. The molecule has 0 radical (unpaired) electrons. The first kappa shape index (κ1) is 18.3. The number of aromatic nitrogens is 1. The third-order valence-electron chi connectivity index (χ3n) is 4.92. The van der Waals surface area contributed by atoms with Crippen LogP contribution in [0.3, 0.4) is 0 Å². The number of benzene rings is 3. The Bertz CT molecular complexity index is 1230. The Morgan fingerprint density at radius 1 is 1.18 bits per heavy atom. The minimum atomic E-state index is -1.02. The van der Waals surface area contributed by atoms with Crippen LogP contribution in [0.25, 0.3) is 21.8 Å². The predicted octanol–water partition coefficient (Wildman–Crippen LogP) is 5.65. The number of carboxylic acid groups (broad SMARTS) is 1. The summed E-state index contributed by atoms with van der Waals surface area (Å²) in [7, 11) is 1.56. The molecule has 0 amide bonds. The molecule has 0 saturated carbocycles. The molecule has 0 fully saturated rings. The molecule has 1 heterocycles. The van der Waals surface area contributed by atoms with Gasteiger partial charge in [0.1, 0.15) is 11.6 Å². The maximum absolute atomic E-state index is 13.3. The van der Waals surface area contributed by atoms with Crippen LogP contribution in [-0.4, -0.2) is 22.8 Å². The van der Waals surface area contributed by atoms with Gasteiger partial charge < -0.3 is 14.4 Å². The Morgan fingerprint density at radius 3 is 2.54 bits per heavy atom. The summed E-state index contributed by atoms with van der Waals surface area (Å²) in [4.78, 5) is 12.0. The number of carboxylic acids is 1. The van der Waals surface area contributed by atoms with Gasteiger partial charge in [-0.25, -0.2) is 9.18 Å². The third kappa shape index (κ3) is 2.88. The highest BCUT2D eigenvalue weighted by atomic mass is 35.5. The summed E-state index contributed by atoms with van der Waals surface area (Å²) in [5.74, 6) is -0.717. The fourth-order valence-electron chi connectivity index (χ4n) is 3.74. The number of hydrogen-bond donors (Lipinski definition) is 1. The fraction of sp³-hybridized carbons (Fsp3) is 0.136. The van der Waals surface area contributed by atoms with Crippen molar-refractivity contribution < 1.29 is 19.0 Å². The van der Waals surface area contributed by atoms with Gasteiger partial charge in [-0.15, -0.1) is 0 Å². The Labute approximate surface area is 165 Å². The second-order valence-electron chi connectivity index (χ2n) is 6.68. The Kier molecular flexibility index (Phi) is 4.47. The van der Waals surface area contributed by atoms with Crippen molar-refractivity contribution in [1.29, 1.82) is 0 Å². The van der Waals surface area contributed by atoms with Gasteiger partial charge in [-0.05, 0) is 54.4 Å². The summed E-state index contributed by atoms with van der Waals surface area (Å²) >= 11 is 6.21. The van der Waals surface area contributed by atoms with E-state index in [1.54, 1.807) is 37.4 Å². The van der Waals surface area contributed by atoms with E-state index in [2.05, 4.69) is 0 Å². The lowest BCUT2D eigenvalue weighted by molar-refractivity contribution is 0.0699. The molecule has 0 aliphatic carbocycles. The van der Waals surface area contributed by atoms with Crippen LogP contribution >= 0.6 is 11.6 Å². The Balaban J connectivity index is 2.14. The van der Waals surface area contributed by atoms with Crippen molar-refractivity contribution in [2.45, 2.75) is 13.5 Å². The third-order valence-corrected chi connectivity index (χ3v) is 5.15. The molecule has 3 aromatic carbocycles. The summed E-state index contributed by atoms with van der Waals surface area (Å²) < 4.78 is 21.0. The quantitative estimate of drug-likeness (QED) is 0.484. The number of ether oxygens (including phenoxy) is 1. The zero-order valence-electron chi connectivity index (χ0n) is 15.3. The maximum Gasteiger partial charge on any atom is 0.336 e. The average Bonchev–Trinajstić information content (AvgIpc) is 2.96. The SMILES string of the molecule is COc1c(C)cc(C(=O)O)c2c3cc(Cl)ccc3n(Cc3ccc(F)cc3)c12. The number of nitrogens with zero attached hydrogens (tertiary/aromatic N) is 1. The molecule has 0 saturated heterocycles. The lowest BCUT2D eigenvalue weighted by Gasteiger charge is -2.13. The molecule has 6 heteroatoms. The van der Waals surface area contributed by atoms with Crippen LogP contribution in [0.15, 0.2) is 48.5 Å². The van der Waals surface area contributed by atoms with E-state index < -0.39 is 5.97 Å². The number of halogens is 2. The van der Waals surface area contributed by atoms with Gasteiger partial charge >= 0.3 is 5.97 Å². The van der Waals surface area contributed by atoms with E-state index in [1.807, 2.05) is 17.6 Å². The number of aryl methyl sites for hydroxylation is 1. The number of aromatic carboxylic acids is 1. The number of hydrogen-bond acceptors (Lipinski definition) is 2. The van der Waals surface area contributed by atoms with E-state index >= 15 is 0 Å². The summed E-state index contributed by atoms with van der Waals surface area (Å²) in [6.45, 7) is 2.25. The molecule has 4 aromatic rings. The van der Waals surface area contributed by atoms with Crippen molar-refractivity contribution in [1.82, 2.24) is 4.57 Å². The van der Waals surface area contributed by atoms with Gasteiger partial charge in [0, 0.05) is 27.9 Å². The van der Waals surface area contributed by atoms with Gasteiger partial charge in [0.25, 0.3) is 0 Å². The van der Waals surface area contributed by atoms with E-state index in [4.69, 9.17) is 16.3 Å². The number of rotatable bonds is 4. The molecule has 0 unspecified atom stereocenters. The van der Waals surface area contributed by atoms with Crippen LogP contribution in [0.4, 0.5) is 4.39 Å². The lowest BCUT2D eigenvalue weighted by Crippen LogP contribution is -2.04. The highest BCUT2D eigenvalue weighted by molar-refractivity contribution is 6.32. The van der Waals surface area contributed by atoms with Crippen LogP contribution in [-0.2, 0) is 6.54 Å². The Hall–Kier alpha value is -3.05. The largest absolute Gasteiger partial charge is 0.494 e. The topological polar surface area (TPSA) is 51.5 Å². The first-order valence-corrected chi connectivity index (χ1v) is 9.05. The molecule has 4 nitrogen and oxygen atoms in total. The van der Waals surface area contributed by atoms with Crippen LogP contribution in [0, 0.1) is 12.7 Å². The highest BCUT2D eigenvalue weighted by Crippen LogP contribution is 2.40. The van der Waals surface area contributed by atoms with Crippen LogP contribution in [0.1, 0.15) is 21.5 Å². The van der Waals surface area contributed by atoms with Crippen LogP contribution < -0.4 is 4.74 Å². The monoisotopic (exact) mass is 397 g/mol. The molecule has 0 aliphatic rings. The van der Waals surface area contributed by atoms with Crippen molar-refractivity contribution in [2.75, 3.05) is 7.11 Å². The number of fused-ring (bicyclic) bond motifs is 3. The summed E-state index contributed by atoms with van der Waals surface area (Å²) in [6.07, 6.45) is 0. The van der Waals surface area contributed by atoms with E-state index in [1.165, 1.54) is 12.1 Å². The summed E-state index contributed by atoms with van der Waals surface area (Å²) in [5, 5.41) is 11.6. The van der Waals surface area contributed by atoms with E-state index in [9.17, 15) is 14.3 Å². The molecule has 28 heavy (non-hydrogen) atoms. The van der Waals surface area contributed by atoms with Crippen molar-refractivity contribution in [2.24, 2.45) is 0 Å². The Morgan fingerprint density at radius 2 is 1.89 bits per heavy atom. The first-order chi connectivity index (χ1) is 13.4. The standard InChI is InChI=1S/C22H17ClFNO3/c1-12-9-17(22(26)27)19-16-10-14(23)5-8-18(16)25(20(19)21(12)28-2)11-13-3-6-15(24)7-4-13/h3-10H,11H2,1-2H3,(H,26,27). The lowest BCUT2D eigenvalue weighted by atomic mass is 10.0. The maximum atomic E-state index is 13.3. The van der Waals surface area contributed by atoms with E-state index in [-0.39, 0.29) is 11.4 Å². The average molecular weight is 398 g/mol. The second-order valence-corrected chi connectivity index (χ2v) is 7.11. The van der Waals surface area contributed by atoms with Gasteiger partial charge in [0.15, 0.2) is 0 Å². The van der Waals surface area contributed by atoms with E-state index in [0.717, 1.165) is 22.0 Å². The molecule has 0 spiro atoms. The molecule has 4 rings (SSSR count). The minimum absolute atomic E-state index is 0.193. The normalized spacial score (nSPS) is 11.3. The predicted molar refractivity (Wildman–Crippen MR) is 108 cm³/mol. The van der Waals surface area contributed by atoms with Gasteiger partial charge in [0.2, 0.25) is 0 Å². The zero-order chi connectivity index (χ0) is 20.0. The van der Waals surface area contributed by atoms with Crippen molar-refractivity contribution in [3.63, 3.8) is 0 Å². The van der Waals surface area contributed by atoms with Crippen LogP contribution in [0.5, 0.6) is 5.75 Å². The molecule has 142 valence electrons. The van der Waals surface area contributed by atoms with E-state index in [0.29, 0.717) is 28.2 Å². The summed E-state index contributed by atoms with van der Waals surface area (Å²) in [6, 6.07) is 13.3. The molecule has 1 N–H and O–H groups in total. The summed E-state index contributed by atoms with van der Waals surface area (Å²) in [5.41, 5.74) is 3.31. The van der Waals surface area contributed by atoms with Gasteiger partial charge in [-0.3, -0.25) is 0 Å². The first-order valence-electron chi connectivity index (χ1n) is 8.67. The smallest absolute Gasteiger partial charge is 0.336 e. The molecule has 1 aromatic heterocycles. The highest BCUT2D eigenvalue weighted by Gasteiger charge is 2.23. The van der Waals surface area contributed by atoms with Gasteiger partial charge in [-0.2, -0.15) is 0 Å². The van der Waals surface area contributed by atoms with Gasteiger partial charge in [-0.1, -0.05) is 23.7 Å². The number of carbonyl (C=O) groups is 1. The van der Waals surface area contributed by atoms with Gasteiger partial charge in [0.05, 0.1) is 18.2 Å². The molecule has 0 bridgehead atoms. The van der Waals surface area contributed by atoms with Crippen molar-refractivity contribution in [3.05, 3.63) is 76.1 Å². The van der Waals surface area contributed by atoms with Crippen molar-refractivity contribution in [3.8, 4) is 5.75 Å². The van der Waals surface area contributed by atoms with Crippen molar-refractivity contribution >= 4 is 39.4 Å². The number of methoxy groups -OCH3 is 1. The van der Waals surface area contributed by atoms with Crippen LogP contribution in [0.2, 0.25) is 5.02 Å². The zero-order valence-corrected chi connectivity index (χ0v) is 16.0. The molecular formula is C22H17ClFNO3. The molecule has 0 aliphatic heterocycles. The molecule has 0 atom stereocenters. The second kappa shape index (κ2) is 6.84. The fourth-order valence-corrected chi connectivity index (χ4v) is 3.91. The molecular weight excluding hydrogens is 381 g/mol.